The van der Waals surface area contributed by atoms with Gasteiger partial charge in [-0.1, -0.05) is 6.07 Å². The summed E-state index contributed by atoms with van der Waals surface area (Å²) >= 11 is 0. The van der Waals surface area contributed by atoms with Crippen LogP contribution < -0.4 is 5.32 Å². The zero-order valence-corrected chi connectivity index (χ0v) is 16.1. The first kappa shape index (κ1) is 18.5. The van der Waals surface area contributed by atoms with Gasteiger partial charge in [-0.15, -0.1) is 0 Å². The first-order valence-corrected chi connectivity index (χ1v) is 9.24. The van der Waals surface area contributed by atoms with E-state index in [2.05, 4.69) is 41.2 Å². The smallest absolute Gasteiger partial charge is 0.270 e. The third kappa shape index (κ3) is 4.07. The van der Waals surface area contributed by atoms with E-state index in [0.717, 1.165) is 24.0 Å². The summed E-state index contributed by atoms with van der Waals surface area (Å²) in [5.41, 5.74) is 4.01. The molecule has 6 nitrogen and oxygen atoms in total. The molecule has 26 heavy (non-hydrogen) atoms. The molecule has 0 spiro atoms. The van der Waals surface area contributed by atoms with Gasteiger partial charge in [-0.25, -0.2) is 0 Å². The van der Waals surface area contributed by atoms with Crippen molar-refractivity contribution >= 4 is 22.7 Å². The van der Waals surface area contributed by atoms with Crippen molar-refractivity contribution in [2.24, 2.45) is 0 Å². The van der Waals surface area contributed by atoms with Gasteiger partial charge in [0.15, 0.2) is 0 Å². The fourth-order valence-corrected chi connectivity index (χ4v) is 3.56. The van der Waals surface area contributed by atoms with Crippen LogP contribution in [0.1, 0.15) is 35.5 Å². The Morgan fingerprint density at radius 3 is 2.46 bits per heavy atom. The standard InChI is InChI=1S/C20H28N4O2/c1-13(2)21-19(25)12-23-5-7-24(8-6-23)20(26)18-11-16-15(4)9-14(3)10-17(16)22-18/h9-11,13,22H,5-8,12H2,1-4H3,(H,21,25). The van der Waals surface area contributed by atoms with Gasteiger partial charge in [-0.2, -0.15) is 0 Å². The highest BCUT2D eigenvalue weighted by molar-refractivity contribution is 5.99. The molecule has 0 saturated carbocycles. The number of fused-ring (bicyclic) bond motifs is 1. The van der Waals surface area contributed by atoms with E-state index in [9.17, 15) is 9.59 Å². The Bertz CT molecular complexity index is 817. The Labute approximate surface area is 154 Å². The van der Waals surface area contributed by atoms with Crippen LogP contribution in [0, 0.1) is 13.8 Å². The van der Waals surface area contributed by atoms with Crippen molar-refractivity contribution in [3.8, 4) is 0 Å². The molecular formula is C20H28N4O2. The van der Waals surface area contributed by atoms with Crippen LogP contribution in [0.5, 0.6) is 0 Å². The number of rotatable bonds is 4. The summed E-state index contributed by atoms with van der Waals surface area (Å²) in [4.78, 5) is 31.9. The minimum absolute atomic E-state index is 0.0320. The van der Waals surface area contributed by atoms with Crippen LogP contribution >= 0.6 is 0 Å². The number of nitrogens with zero attached hydrogens (tertiary/aromatic N) is 2. The van der Waals surface area contributed by atoms with Gasteiger partial charge < -0.3 is 15.2 Å². The van der Waals surface area contributed by atoms with Gasteiger partial charge in [-0.05, 0) is 51.0 Å². The third-order valence-electron chi connectivity index (χ3n) is 4.80. The molecule has 1 aromatic heterocycles. The Morgan fingerprint density at radius 1 is 1.12 bits per heavy atom. The van der Waals surface area contributed by atoms with Crippen molar-refractivity contribution in [2.45, 2.75) is 33.7 Å². The molecule has 3 rings (SSSR count). The number of aryl methyl sites for hydroxylation is 2. The lowest BCUT2D eigenvalue weighted by molar-refractivity contribution is -0.123. The molecule has 1 saturated heterocycles. The van der Waals surface area contributed by atoms with Crippen LogP contribution in [0.4, 0.5) is 0 Å². The molecule has 2 aromatic rings. The number of H-pyrrole nitrogens is 1. The van der Waals surface area contributed by atoms with Crippen molar-refractivity contribution in [1.82, 2.24) is 20.1 Å². The minimum atomic E-state index is 0.0320. The van der Waals surface area contributed by atoms with E-state index in [1.807, 2.05) is 24.8 Å². The molecular weight excluding hydrogens is 328 g/mol. The number of aromatic amines is 1. The van der Waals surface area contributed by atoms with E-state index in [1.165, 1.54) is 11.1 Å². The molecule has 1 fully saturated rings. The predicted molar refractivity (Wildman–Crippen MR) is 103 cm³/mol. The highest BCUT2D eigenvalue weighted by Gasteiger charge is 2.24. The second-order valence-electron chi connectivity index (χ2n) is 7.52. The lowest BCUT2D eigenvalue weighted by Crippen LogP contribution is -2.51. The Kier molecular flexibility index (Phi) is 5.32. The summed E-state index contributed by atoms with van der Waals surface area (Å²) in [6, 6.07) is 6.31. The summed E-state index contributed by atoms with van der Waals surface area (Å²) in [5.74, 6) is 0.0748. The third-order valence-corrected chi connectivity index (χ3v) is 4.80. The van der Waals surface area contributed by atoms with Crippen molar-refractivity contribution in [3.63, 3.8) is 0 Å². The van der Waals surface area contributed by atoms with Crippen LogP contribution in [0.25, 0.3) is 10.9 Å². The Hall–Kier alpha value is -2.34. The summed E-state index contributed by atoms with van der Waals surface area (Å²) in [7, 11) is 0. The topological polar surface area (TPSA) is 68.4 Å². The zero-order chi connectivity index (χ0) is 18.8. The molecule has 2 N–H and O–H groups in total. The SMILES string of the molecule is Cc1cc(C)c2cc(C(=O)N3CCN(CC(=O)NC(C)C)CC3)[nH]c2c1. The van der Waals surface area contributed by atoms with Crippen LogP contribution in [-0.2, 0) is 4.79 Å². The maximum atomic E-state index is 12.8. The fraction of sp³-hybridized carbons (Fsp3) is 0.500. The van der Waals surface area contributed by atoms with Gasteiger partial charge in [0.05, 0.1) is 6.54 Å². The number of amides is 2. The summed E-state index contributed by atoms with van der Waals surface area (Å²) < 4.78 is 0. The number of aromatic nitrogens is 1. The number of piperazine rings is 1. The van der Waals surface area contributed by atoms with Gasteiger partial charge in [0.2, 0.25) is 5.91 Å². The van der Waals surface area contributed by atoms with E-state index in [0.29, 0.717) is 25.3 Å². The molecule has 0 atom stereocenters. The van der Waals surface area contributed by atoms with E-state index >= 15 is 0 Å². The highest BCUT2D eigenvalue weighted by atomic mass is 16.2. The number of carbonyl (C=O) groups excluding carboxylic acids is 2. The van der Waals surface area contributed by atoms with Crippen molar-refractivity contribution < 1.29 is 9.59 Å². The number of benzene rings is 1. The molecule has 6 heteroatoms. The fourth-order valence-electron chi connectivity index (χ4n) is 3.56. The summed E-state index contributed by atoms with van der Waals surface area (Å²) in [5, 5.41) is 4.01. The quantitative estimate of drug-likeness (QED) is 0.881. The Balaban J connectivity index is 1.62. The monoisotopic (exact) mass is 356 g/mol. The van der Waals surface area contributed by atoms with Crippen LogP contribution in [0.3, 0.4) is 0 Å². The normalized spacial score (nSPS) is 15.7. The second-order valence-corrected chi connectivity index (χ2v) is 7.52. The van der Waals surface area contributed by atoms with Gasteiger partial charge in [-0.3, -0.25) is 14.5 Å². The van der Waals surface area contributed by atoms with E-state index in [4.69, 9.17) is 0 Å². The van der Waals surface area contributed by atoms with Gasteiger partial charge in [0, 0.05) is 43.1 Å². The molecule has 2 amide bonds. The number of hydrogen-bond acceptors (Lipinski definition) is 3. The molecule has 0 unspecified atom stereocenters. The molecule has 0 bridgehead atoms. The van der Waals surface area contributed by atoms with E-state index in [1.54, 1.807) is 0 Å². The van der Waals surface area contributed by atoms with E-state index in [-0.39, 0.29) is 17.9 Å². The largest absolute Gasteiger partial charge is 0.353 e. The average molecular weight is 356 g/mol. The number of nitrogens with one attached hydrogen (secondary N) is 2. The van der Waals surface area contributed by atoms with Gasteiger partial charge >= 0.3 is 0 Å². The molecule has 0 aliphatic carbocycles. The molecule has 1 aliphatic rings. The molecule has 1 aromatic carbocycles. The average Bonchev–Trinajstić information content (AvgIpc) is 2.98. The highest BCUT2D eigenvalue weighted by Crippen LogP contribution is 2.22. The summed E-state index contributed by atoms with van der Waals surface area (Å²) in [6.07, 6.45) is 0. The number of hydrogen-bond donors (Lipinski definition) is 2. The van der Waals surface area contributed by atoms with Crippen LogP contribution in [0.2, 0.25) is 0 Å². The maximum Gasteiger partial charge on any atom is 0.270 e. The molecule has 2 heterocycles. The van der Waals surface area contributed by atoms with E-state index < -0.39 is 0 Å². The van der Waals surface area contributed by atoms with Crippen molar-refractivity contribution in [3.05, 3.63) is 35.0 Å². The molecule has 1 aliphatic heterocycles. The number of carbonyl (C=O) groups is 2. The maximum absolute atomic E-state index is 12.8. The Morgan fingerprint density at radius 2 is 1.81 bits per heavy atom. The summed E-state index contributed by atoms with van der Waals surface area (Å²) in [6.45, 7) is 11.1. The lowest BCUT2D eigenvalue weighted by atomic mass is 10.1. The zero-order valence-electron chi connectivity index (χ0n) is 16.1. The lowest BCUT2D eigenvalue weighted by Gasteiger charge is -2.34. The van der Waals surface area contributed by atoms with Crippen molar-refractivity contribution in [1.29, 1.82) is 0 Å². The molecule has 140 valence electrons. The molecule has 0 radical (unpaired) electrons. The van der Waals surface area contributed by atoms with Gasteiger partial charge in [0.25, 0.3) is 5.91 Å². The second kappa shape index (κ2) is 7.50. The first-order valence-electron chi connectivity index (χ1n) is 9.24. The minimum Gasteiger partial charge on any atom is -0.353 e. The van der Waals surface area contributed by atoms with Crippen molar-refractivity contribution in [2.75, 3.05) is 32.7 Å². The van der Waals surface area contributed by atoms with Gasteiger partial charge in [0.1, 0.15) is 5.69 Å². The van der Waals surface area contributed by atoms with Crippen LogP contribution in [-0.4, -0.2) is 65.4 Å². The predicted octanol–water partition coefficient (Wildman–Crippen LogP) is 2.07. The first-order chi connectivity index (χ1) is 12.3. The van der Waals surface area contributed by atoms with Crippen LogP contribution in [0.15, 0.2) is 18.2 Å².